The standard InChI is InChI=1S/C9H10N6O3S/c1-2-18-9(17)5-8(13-3-12-5)15-14-4(6(10)16)7(11)19-15/h3,11H,2H2,1H3,(H2,10,16)(H,12,13). The Labute approximate surface area is 110 Å². The van der Waals surface area contributed by atoms with Crippen molar-refractivity contribution >= 4 is 23.4 Å². The molecule has 0 aliphatic heterocycles. The monoisotopic (exact) mass is 282 g/mol. The lowest BCUT2D eigenvalue weighted by atomic mass is 10.4. The highest BCUT2D eigenvalue weighted by Crippen LogP contribution is 2.11. The van der Waals surface area contributed by atoms with E-state index < -0.39 is 11.9 Å². The SMILES string of the molecule is CCOC(=O)c1[nH]cnc1-n1nc(C(N)=O)c(=N)s1. The number of nitrogens with zero attached hydrogens (tertiary/aromatic N) is 3. The Morgan fingerprint density at radius 1 is 1.63 bits per heavy atom. The molecule has 2 aromatic heterocycles. The number of aromatic nitrogens is 4. The van der Waals surface area contributed by atoms with E-state index in [4.69, 9.17) is 15.9 Å². The summed E-state index contributed by atoms with van der Waals surface area (Å²) < 4.78 is 5.91. The van der Waals surface area contributed by atoms with Crippen molar-refractivity contribution in [3.05, 3.63) is 22.4 Å². The first-order valence-electron chi connectivity index (χ1n) is 5.20. The Morgan fingerprint density at radius 3 is 2.95 bits per heavy atom. The third kappa shape index (κ3) is 2.38. The van der Waals surface area contributed by atoms with Crippen LogP contribution in [0.15, 0.2) is 6.33 Å². The lowest BCUT2D eigenvalue weighted by Crippen LogP contribution is -2.19. The summed E-state index contributed by atoms with van der Waals surface area (Å²) in [5, 5.41) is 11.4. The van der Waals surface area contributed by atoms with E-state index in [1.807, 2.05) is 0 Å². The van der Waals surface area contributed by atoms with Crippen LogP contribution in [-0.4, -0.2) is 37.6 Å². The van der Waals surface area contributed by atoms with Gasteiger partial charge in [-0.15, -0.1) is 5.10 Å². The predicted molar refractivity (Wildman–Crippen MR) is 63.9 cm³/mol. The number of hydrogen-bond acceptors (Lipinski definition) is 7. The molecule has 0 aliphatic rings. The van der Waals surface area contributed by atoms with Gasteiger partial charge in [-0.1, -0.05) is 0 Å². The van der Waals surface area contributed by atoms with E-state index in [0.29, 0.717) is 0 Å². The number of ether oxygens (including phenoxy) is 1. The minimum atomic E-state index is -0.812. The molecule has 0 saturated carbocycles. The first-order valence-corrected chi connectivity index (χ1v) is 5.97. The van der Waals surface area contributed by atoms with E-state index >= 15 is 0 Å². The van der Waals surface area contributed by atoms with E-state index in [1.165, 1.54) is 10.4 Å². The van der Waals surface area contributed by atoms with Crippen molar-refractivity contribution in [3.8, 4) is 5.82 Å². The van der Waals surface area contributed by atoms with Crippen molar-refractivity contribution in [3.63, 3.8) is 0 Å². The number of H-pyrrole nitrogens is 1. The van der Waals surface area contributed by atoms with Crippen LogP contribution in [0.1, 0.15) is 27.9 Å². The van der Waals surface area contributed by atoms with E-state index in [-0.39, 0.29) is 28.5 Å². The van der Waals surface area contributed by atoms with Crippen LogP contribution >= 0.6 is 11.5 Å². The number of primary amides is 1. The number of nitrogens with two attached hydrogens (primary N) is 1. The number of esters is 1. The number of hydrogen-bond donors (Lipinski definition) is 3. The summed E-state index contributed by atoms with van der Waals surface area (Å²) in [5.74, 6) is -1.25. The molecule has 10 heteroatoms. The second-order valence-electron chi connectivity index (χ2n) is 3.33. The van der Waals surface area contributed by atoms with Crippen molar-refractivity contribution in [2.45, 2.75) is 6.92 Å². The highest BCUT2D eigenvalue weighted by Gasteiger charge is 2.20. The van der Waals surface area contributed by atoms with E-state index in [1.54, 1.807) is 6.92 Å². The highest BCUT2D eigenvalue weighted by atomic mass is 32.1. The molecule has 0 aliphatic carbocycles. The fourth-order valence-electron chi connectivity index (χ4n) is 1.32. The first-order chi connectivity index (χ1) is 9.04. The van der Waals surface area contributed by atoms with Gasteiger partial charge in [-0.3, -0.25) is 10.2 Å². The lowest BCUT2D eigenvalue weighted by molar-refractivity contribution is 0.0520. The minimum Gasteiger partial charge on any atom is -0.461 e. The van der Waals surface area contributed by atoms with Crippen LogP contribution in [-0.2, 0) is 4.74 Å². The average molecular weight is 282 g/mol. The van der Waals surface area contributed by atoms with Crippen molar-refractivity contribution in [2.24, 2.45) is 5.73 Å². The van der Waals surface area contributed by atoms with Gasteiger partial charge in [-0.2, -0.15) is 4.07 Å². The minimum absolute atomic E-state index is 0.0941. The quantitative estimate of drug-likeness (QED) is 0.643. The third-order valence-corrected chi connectivity index (χ3v) is 2.90. The van der Waals surface area contributed by atoms with Crippen molar-refractivity contribution in [1.82, 2.24) is 19.1 Å². The highest BCUT2D eigenvalue weighted by molar-refractivity contribution is 7.04. The number of rotatable bonds is 4. The van der Waals surface area contributed by atoms with Gasteiger partial charge in [0.2, 0.25) is 0 Å². The third-order valence-electron chi connectivity index (χ3n) is 2.10. The Kier molecular flexibility index (Phi) is 3.42. The van der Waals surface area contributed by atoms with Crippen LogP contribution in [0, 0.1) is 5.41 Å². The van der Waals surface area contributed by atoms with E-state index in [2.05, 4.69) is 15.1 Å². The Bertz CT molecular complexity index is 684. The van der Waals surface area contributed by atoms with Crippen molar-refractivity contribution in [2.75, 3.05) is 6.61 Å². The molecule has 4 N–H and O–H groups in total. The zero-order valence-corrected chi connectivity index (χ0v) is 10.7. The van der Waals surface area contributed by atoms with E-state index in [0.717, 1.165) is 11.5 Å². The van der Waals surface area contributed by atoms with Gasteiger partial charge < -0.3 is 15.5 Å². The molecule has 0 bridgehead atoms. The number of carbonyl (C=O) groups is 2. The Hall–Kier alpha value is -2.49. The second kappa shape index (κ2) is 5.02. The average Bonchev–Trinajstić information content (AvgIpc) is 2.94. The molecule has 0 unspecified atom stereocenters. The number of imidazole rings is 1. The summed E-state index contributed by atoms with van der Waals surface area (Å²) in [7, 11) is 0. The predicted octanol–water partition coefficient (Wildman–Crippen LogP) is -0.588. The van der Waals surface area contributed by atoms with Gasteiger partial charge in [0.05, 0.1) is 12.9 Å². The fourth-order valence-corrected chi connectivity index (χ4v) is 2.07. The van der Waals surface area contributed by atoms with Gasteiger partial charge in [0.25, 0.3) is 5.91 Å². The smallest absolute Gasteiger partial charge is 0.358 e. The molecule has 0 spiro atoms. The molecule has 0 aromatic carbocycles. The topological polar surface area (TPSA) is 140 Å². The molecule has 1 amide bonds. The largest absolute Gasteiger partial charge is 0.461 e. The van der Waals surface area contributed by atoms with Crippen LogP contribution < -0.4 is 10.4 Å². The Balaban J connectivity index is 2.46. The van der Waals surface area contributed by atoms with Crippen LogP contribution in [0.4, 0.5) is 0 Å². The molecule has 2 heterocycles. The molecule has 2 aromatic rings. The molecule has 100 valence electrons. The van der Waals surface area contributed by atoms with Crippen LogP contribution in [0.25, 0.3) is 5.82 Å². The van der Waals surface area contributed by atoms with Gasteiger partial charge in [0, 0.05) is 0 Å². The molecule has 0 saturated heterocycles. The van der Waals surface area contributed by atoms with Gasteiger partial charge in [-0.25, -0.2) is 9.78 Å². The van der Waals surface area contributed by atoms with Gasteiger partial charge in [0.15, 0.2) is 21.9 Å². The zero-order chi connectivity index (χ0) is 14.0. The normalized spacial score (nSPS) is 10.4. The molecular formula is C9H10N6O3S. The van der Waals surface area contributed by atoms with Gasteiger partial charge >= 0.3 is 5.97 Å². The summed E-state index contributed by atoms with van der Waals surface area (Å²) in [6.45, 7) is 1.90. The molecule has 0 fully saturated rings. The van der Waals surface area contributed by atoms with Crippen LogP contribution in [0.3, 0.4) is 0 Å². The molecule has 2 rings (SSSR count). The van der Waals surface area contributed by atoms with E-state index in [9.17, 15) is 9.59 Å². The van der Waals surface area contributed by atoms with Crippen LogP contribution in [0.5, 0.6) is 0 Å². The molecule has 19 heavy (non-hydrogen) atoms. The number of aromatic amines is 1. The maximum atomic E-state index is 11.7. The summed E-state index contributed by atoms with van der Waals surface area (Å²) in [6, 6.07) is 0. The lowest BCUT2D eigenvalue weighted by Gasteiger charge is -2.01. The molecule has 0 atom stereocenters. The summed E-state index contributed by atoms with van der Waals surface area (Å²) in [6.07, 6.45) is 1.30. The zero-order valence-electron chi connectivity index (χ0n) is 9.84. The molecular weight excluding hydrogens is 272 g/mol. The maximum absolute atomic E-state index is 11.7. The fraction of sp³-hybridized carbons (Fsp3) is 0.222. The second-order valence-corrected chi connectivity index (χ2v) is 4.26. The van der Waals surface area contributed by atoms with Crippen LogP contribution in [0.2, 0.25) is 0 Å². The first kappa shape index (κ1) is 13.0. The Morgan fingerprint density at radius 2 is 2.37 bits per heavy atom. The molecule has 9 nitrogen and oxygen atoms in total. The van der Waals surface area contributed by atoms with Gasteiger partial charge in [0.1, 0.15) is 0 Å². The molecule has 0 radical (unpaired) electrons. The maximum Gasteiger partial charge on any atom is 0.358 e. The number of nitrogens with one attached hydrogen (secondary N) is 2. The van der Waals surface area contributed by atoms with Crippen molar-refractivity contribution < 1.29 is 14.3 Å². The number of amides is 1. The summed E-state index contributed by atoms with van der Waals surface area (Å²) in [4.78, 5) is 29.2. The number of carbonyl (C=O) groups excluding carboxylic acids is 2. The van der Waals surface area contributed by atoms with Gasteiger partial charge in [-0.05, 0) is 18.5 Å². The summed E-state index contributed by atoms with van der Waals surface area (Å²) in [5.41, 5.74) is 5.00. The van der Waals surface area contributed by atoms with Crippen molar-refractivity contribution in [1.29, 1.82) is 5.41 Å². The summed E-state index contributed by atoms with van der Waals surface area (Å²) >= 11 is 0.831.